The van der Waals surface area contributed by atoms with Crippen LogP contribution in [0.15, 0.2) is 24.3 Å². The molecular formula is C14H20N2O5S. The Hall–Kier alpha value is -1.80. The molecule has 1 fully saturated rings. The Morgan fingerprint density at radius 1 is 1.09 bits per heavy atom. The highest BCUT2D eigenvalue weighted by Gasteiger charge is 2.26. The van der Waals surface area contributed by atoms with E-state index in [4.69, 9.17) is 9.47 Å². The Morgan fingerprint density at radius 2 is 1.64 bits per heavy atom. The van der Waals surface area contributed by atoms with E-state index in [2.05, 4.69) is 0 Å². The van der Waals surface area contributed by atoms with Crippen LogP contribution in [0.1, 0.15) is 0 Å². The van der Waals surface area contributed by atoms with Gasteiger partial charge in [0.25, 0.3) is 5.91 Å². The minimum atomic E-state index is -3.18. The molecule has 1 aliphatic heterocycles. The van der Waals surface area contributed by atoms with Crippen molar-refractivity contribution in [3.63, 3.8) is 0 Å². The van der Waals surface area contributed by atoms with Crippen LogP contribution < -0.4 is 9.47 Å². The van der Waals surface area contributed by atoms with Crippen LogP contribution >= 0.6 is 0 Å². The van der Waals surface area contributed by atoms with E-state index >= 15 is 0 Å². The number of sulfonamides is 1. The smallest absolute Gasteiger partial charge is 0.260 e. The fourth-order valence-electron chi connectivity index (χ4n) is 2.18. The predicted octanol–water partition coefficient (Wildman–Crippen LogP) is 0.178. The fourth-order valence-corrected chi connectivity index (χ4v) is 3.00. The molecule has 22 heavy (non-hydrogen) atoms. The Morgan fingerprint density at radius 3 is 2.14 bits per heavy atom. The lowest BCUT2D eigenvalue weighted by atomic mass is 10.3. The summed E-state index contributed by atoms with van der Waals surface area (Å²) in [5, 5.41) is 0. The highest BCUT2D eigenvalue weighted by atomic mass is 32.2. The van der Waals surface area contributed by atoms with Crippen molar-refractivity contribution in [2.24, 2.45) is 0 Å². The van der Waals surface area contributed by atoms with Gasteiger partial charge in [-0.1, -0.05) is 0 Å². The summed E-state index contributed by atoms with van der Waals surface area (Å²) in [6.07, 6.45) is 1.18. The van der Waals surface area contributed by atoms with Gasteiger partial charge in [0.15, 0.2) is 6.61 Å². The Kier molecular flexibility index (Phi) is 5.25. The van der Waals surface area contributed by atoms with Gasteiger partial charge in [-0.05, 0) is 24.3 Å². The minimum absolute atomic E-state index is 0.0643. The zero-order valence-electron chi connectivity index (χ0n) is 12.7. The Bertz CT molecular complexity index is 607. The quantitative estimate of drug-likeness (QED) is 0.770. The second kappa shape index (κ2) is 6.97. The number of amides is 1. The van der Waals surface area contributed by atoms with Gasteiger partial charge >= 0.3 is 0 Å². The Labute approximate surface area is 130 Å². The molecule has 7 nitrogen and oxygen atoms in total. The highest BCUT2D eigenvalue weighted by molar-refractivity contribution is 7.88. The first kappa shape index (κ1) is 16.6. The zero-order valence-corrected chi connectivity index (χ0v) is 13.5. The van der Waals surface area contributed by atoms with Crippen LogP contribution in [-0.4, -0.2) is 69.7 Å². The average molecular weight is 328 g/mol. The normalized spacial score (nSPS) is 16.4. The van der Waals surface area contributed by atoms with Crippen LogP contribution in [-0.2, 0) is 14.8 Å². The molecule has 2 rings (SSSR count). The topological polar surface area (TPSA) is 76.2 Å². The van der Waals surface area contributed by atoms with Gasteiger partial charge in [-0.2, -0.15) is 4.31 Å². The number of ether oxygens (including phenoxy) is 2. The number of methoxy groups -OCH3 is 1. The molecule has 1 amide bonds. The third-order valence-electron chi connectivity index (χ3n) is 3.48. The number of carbonyl (C=O) groups excluding carboxylic acids is 1. The molecule has 0 bridgehead atoms. The lowest BCUT2D eigenvalue weighted by molar-refractivity contribution is -0.134. The first-order chi connectivity index (χ1) is 10.4. The molecule has 0 spiro atoms. The van der Waals surface area contributed by atoms with Crippen LogP contribution in [0, 0.1) is 0 Å². The molecule has 0 aliphatic carbocycles. The molecule has 0 radical (unpaired) electrons. The van der Waals surface area contributed by atoms with Crippen LogP contribution in [0.4, 0.5) is 0 Å². The molecule has 1 saturated heterocycles. The van der Waals surface area contributed by atoms with Crippen molar-refractivity contribution in [1.82, 2.24) is 9.21 Å². The molecule has 0 unspecified atom stereocenters. The van der Waals surface area contributed by atoms with E-state index in [1.54, 1.807) is 36.3 Å². The molecule has 0 N–H and O–H groups in total. The fraction of sp³-hybridized carbons (Fsp3) is 0.500. The maximum Gasteiger partial charge on any atom is 0.260 e. The highest BCUT2D eigenvalue weighted by Crippen LogP contribution is 2.17. The van der Waals surface area contributed by atoms with Crippen molar-refractivity contribution >= 4 is 15.9 Å². The van der Waals surface area contributed by atoms with E-state index in [-0.39, 0.29) is 12.5 Å². The summed E-state index contributed by atoms with van der Waals surface area (Å²) in [6, 6.07) is 6.97. The number of piperazine rings is 1. The van der Waals surface area contributed by atoms with Crippen molar-refractivity contribution in [3.8, 4) is 11.5 Å². The lowest BCUT2D eigenvalue weighted by Gasteiger charge is -2.33. The van der Waals surface area contributed by atoms with E-state index in [0.717, 1.165) is 5.75 Å². The molecule has 1 aliphatic rings. The molecule has 8 heteroatoms. The molecule has 0 atom stereocenters. The van der Waals surface area contributed by atoms with E-state index in [1.165, 1.54) is 10.6 Å². The lowest BCUT2D eigenvalue weighted by Crippen LogP contribution is -2.51. The van der Waals surface area contributed by atoms with Gasteiger partial charge in [0.1, 0.15) is 11.5 Å². The number of rotatable bonds is 5. The van der Waals surface area contributed by atoms with Crippen molar-refractivity contribution in [2.75, 3.05) is 46.2 Å². The van der Waals surface area contributed by atoms with Crippen molar-refractivity contribution < 1.29 is 22.7 Å². The Balaban J connectivity index is 1.80. The summed E-state index contributed by atoms with van der Waals surface area (Å²) in [7, 11) is -1.61. The standard InChI is InChI=1S/C14H20N2O5S/c1-20-12-3-5-13(6-4-12)21-11-14(17)15-7-9-16(10-8-15)22(2,18)19/h3-6H,7-11H2,1-2H3. The van der Waals surface area contributed by atoms with Gasteiger partial charge in [-0.3, -0.25) is 4.79 Å². The van der Waals surface area contributed by atoms with E-state index in [9.17, 15) is 13.2 Å². The molecule has 1 heterocycles. The minimum Gasteiger partial charge on any atom is -0.497 e. The van der Waals surface area contributed by atoms with Crippen LogP contribution in [0.25, 0.3) is 0 Å². The largest absolute Gasteiger partial charge is 0.497 e. The average Bonchev–Trinajstić information content (AvgIpc) is 2.52. The van der Waals surface area contributed by atoms with Gasteiger partial charge in [0.05, 0.1) is 13.4 Å². The third-order valence-corrected chi connectivity index (χ3v) is 4.79. The van der Waals surface area contributed by atoms with Gasteiger partial charge in [0, 0.05) is 26.2 Å². The molecule has 0 aromatic heterocycles. The van der Waals surface area contributed by atoms with Crippen molar-refractivity contribution in [3.05, 3.63) is 24.3 Å². The van der Waals surface area contributed by atoms with Crippen molar-refractivity contribution in [1.29, 1.82) is 0 Å². The summed E-state index contributed by atoms with van der Waals surface area (Å²) >= 11 is 0. The number of carbonyl (C=O) groups is 1. The monoisotopic (exact) mass is 328 g/mol. The summed E-state index contributed by atoms with van der Waals surface area (Å²) in [5.74, 6) is 1.16. The molecular weight excluding hydrogens is 308 g/mol. The number of benzene rings is 1. The van der Waals surface area contributed by atoms with E-state index in [1.807, 2.05) is 0 Å². The first-order valence-corrected chi connectivity index (χ1v) is 8.75. The number of nitrogens with zero attached hydrogens (tertiary/aromatic N) is 2. The third kappa shape index (κ3) is 4.35. The van der Waals surface area contributed by atoms with E-state index < -0.39 is 10.0 Å². The summed E-state index contributed by atoms with van der Waals surface area (Å²) in [6.45, 7) is 1.36. The van der Waals surface area contributed by atoms with Gasteiger partial charge in [-0.15, -0.1) is 0 Å². The van der Waals surface area contributed by atoms with Crippen LogP contribution in [0.3, 0.4) is 0 Å². The summed E-state index contributed by atoms with van der Waals surface area (Å²) in [5.41, 5.74) is 0. The predicted molar refractivity (Wildman–Crippen MR) is 81.5 cm³/mol. The molecule has 0 saturated carbocycles. The molecule has 1 aromatic rings. The van der Waals surface area contributed by atoms with Crippen LogP contribution in [0.5, 0.6) is 11.5 Å². The number of hydrogen-bond donors (Lipinski definition) is 0. The maximum absolute atomic E-state index is 12.1. The van der Waals surface area contributed by atoms with E-state index in [0.29, 0.717) is 31.9 Å². The summed E-state index contributed by atoms with van der Waals surface area (Å²) in [4.78, 5) is 13.7. The van der Waals surface area contributed by atoms with Gasteiger partial charge < -0.3 is 14.4 Å². The second-order valence-corrected chi connectivity index (χ2v) is 6.99. The molecule has 1 aromatic carbocycles. The van der Waals surface area contributed by atoms with Crippen LogP contribution in [0.2, 0.25) is 0 Å². The van der Waals surface area contributed by atoms with Gasteiger partial charge in [0.2, 0.25) is 10.0 Å². The van der Waals surface area contributed by atoms with Crippen molar-refractivity contribution in [2.45, 2.75) is 0 Å². The second-order valence-electron chi connectivity index (χ2n) is 5.01. The SMILES string of the molecule is COc1ccc(OCC(=O)N2CCN(S(C)(=O)=O)CC2)cc1. The zero-order chi connectivity index (χ0) is 16.2. The number of hydrogen-bond acceptors (Lipinski definition) is 5. The maximum atomic E-state index is 12.1. The first-order valence-electron chi connectivity index (χ1n) is 6.90. The van der Waals surface area contributed by atoms with Gasteiger partial charge in [-0.25, -0.2) is 8.42 Å². The molecule has 122 valence electrons. The summed E-state index contributed by atoms with van der Waals surface area (Å²) < 4.78 is 34.7.